The minimum Gasteiger partial charge on any atom is -0.480 e. The van der Waals surface area contributed by atoms with Crippen LogP contribution < -0.4 is 22.1 Å². The molecule has 1 saturated heterocycles. The van der Waals surface area contributed by atoms with Gasteiger partial charge < -0.3 is 32.1 Å². The standard InChI is InChI=1S/C18H31N5O6/c1-3-10(2)15(17(27)23-8-4-5-12(23)18(28)29)22-16(26)11(6-7-13(20)24)21-14(25)9-19/h10-12,15H,3-9,19H2,1-2H3,(H2,20,24)(H,21,25)(H,22,26)(H,28,29). The summed E-state index contributed by atoms with van der Waals surface area (Å²) in [5, 5.41) is 14.4. The predicted molar refractivity (Wildman–Crippen MR) is 103 cm³/mol. The minimum absolute atomic E-state index is 0.0458. The molecule has 0 aromatic rings. The molecule has 0 aliphatic carbocycles. The predicted octanol–water partition coefficient (Wildman–Crippen LogP) is -1.70. The van der Waals surface area contributed by atoms with Crippen molar-refractivity contribution >= 4 is 29.6 Å². The van der Waals surface area contributed by atoms with E-state index in [9.17, 15) is 29.1 Å². The van der Waals surface area contributed by atoms with Crippen molar-refractivity contribution in [1.29, 1.82) is 0 Å². The number of nitrogens with two attached hydrogens (primary N) is 2. The molecule has 0 aromatic carbocycles. The molecule has 29 heavy (non-hydrogen) atoms. The van der Waals surface area contributed by atoms with Crippen molar-refractivity contribution < 1.29 is 29.1 Å². The van der Waals surface area contributed by atoms with Gasteiger partial charge >= 0.3 is 5.97 Å². The van der Waals surface area contributed by atoms with Crippen LogP contribution in [0.3, 0.4) is 0 Å². The summed E-state index contributed by atoms with van der Waals surface area (Å²) in [4.78, 5) is 61.2. The van der Waals surface area contributed by atoms with E-state index in [2.05, 4.69) is 10.6 Å². The summed E-state index contributed by atoms with van der Waals surface area (Å²) in [7, 11) is 0. The first-order valence-electron chi connectivity index (χ1n) is 9.73. The van der Waals surface area contributed by atoms with Crippen LogP contribution in [0.4, 0.5) is 0 Å². The average Bonchev–Trinajstić information content (AvgIpc) is 3.17. The third-order valence-electron chi connectivity index (χ3n) is 5.11. The molecule has 1 heterocycles. The topological polar surface area (TPSA) is 185 Å². The van der Waals surface area contributed by atoms with Crippen LogP contribution in [-0.4, -0.2) is 70.8 Å². The van der Waals surface area contributed by atoms with Crippen LogP contribution >= 0.6 is 0 Å². The van der Waals surface area contributed by atoms with Gasteiger partial charge in [-0.05, 0) is 25.2 Å². The van der Waals surface area contributed by atoms with E-state index < -0.39 is 47.7 Å². The Morgan fingerprint density at radius 1 is 1.21 bits per heavy atom. The van der Waals surface area contributed by atoms with E-state index >= 15 is 0 Å². The molecule has 1 aliphatic rings. The number of nitrogens with one attached hydrogen (secondary N) is 2. The second-order valence-corrected chi connectivity index (χ2v) is 7.23. The van der Waals surface area contributed by atoms with Crippen LogP contribution in [0.1, 0.15) is 46.0 Å². The molecule has 4 atom stereocenters. The highest BCUT2D eigenvalue weighted by Gasteiger charge is 2.39. The number of primary amides is 1. The number of rotatable bonds is 11. The molecular formula is C18H31N5O6. The SMILES string of the molecule is CCC(C)C(NC(=O)C(CCC(N)=O)NC(=O)CN)C(=O)N1CCCC1C(=O)O. The molecule has 0 radical (unpaired) electrons. The largest absolute Gasteiger partial charge is 0.480 e. The maximum Gasteiger partial charge on any atom is 0.326 e. The zero-order chi connectivity index (χ0) is 22.1. The van der Waals surface area contributed by atoms with Gasteiger partial charge in [-0.3, -0.25) is 19.2 Å². The van der Waals surface area contributed by atoms with E-state index in [-0.39, 0.29) is 25.3 Å². The average molecular weight is 413 g/mol. The first kappa shape index (κ1) is 24.3. The van der Waals surface area contributed by atoms with Gasteiger partial charge in [0.2, 0.25) is 23.6 Å². The van der Waals surface area contributed by atoms with Gasteiger partial charge in [-0.2, -0.15) is 0 Å². The molecule has 1 fully saturated rings. The fourth-order valence-corrected chi connectivity index (χ4v) is 3.21. The number of nitrogens with zero attached hydrogens (tertiary/aromatic N) is 1. The molecule has 0 aromatic heterocycles. The number of aliphatic carboxylic acids is 1. The van der Waals surface area contributed by atoms with Crippen molar-refractivity contribution in [3.8, 4) is 0 Å². The van der Waals surface area contributed by atoms with Crippen LogP contribution in [0.2, 0.25) is 0 Å². The number of carbonyl (C=O) groups excluding carboxylic acids is 4. The molecule has 1 rings (SSSR count). The number of carboxylic acids is 1. The maximum absolute atomic E-state index is 13.0. The summed E-state index contributed by atoms with van der Waals surface area (Å²) >= 11 is 0. The number of hydrogen-bond donors (Lipinski definition) is 5. The van der Waals surface area contributed by atoms with Gasteiger partial charge in [0.25, 0.3) is 0 Å². The monoisotopic (exact) mass is 413 g/mol. The third kappa shape index (κ3) is 7.00. The molecule has 1 aliphatic heterocycles. The molecule has 7 N–H and O–H groups in total. The Bertz CT molecular complexity index is 640. The highest BCUT2D eigenvalue weighted by Crippen LogP contribution is 2.21. The van der Waals surface area contributed by atoms with Gasteiger partial charge in [-0.1, -0.05) is 20.3 Å². The molecule has 4 amide bonds. The minimum atomic E-state index is -1.09. The molecule has 4 unspecified atom stereocenters. The van der Waals surface area contributed by atoms with E-state index in [0.29, 0.717) is 25.8 Å². The van der Waals surface area contributed by atoms with Crippen LogP contribution in [0.25, 0.3) is 0 Å². The Kier molecular flexibility index (Phi) is 9.53. The van der Waals surface area contributed by atoms with Gasteiger partial charge in [0, 0.05) is 13.0 Å². The molecule has 11 nitrogen and oxygen atoms in total. The van der Waals surface area contributed by atoms with Gasteiger partial charge in [-0.25, -0.2) is 4.79 Å². The van der Waals surface area contributed by atoms with Gasteiger partial charge in [0.1, 0.15) is 18.1 Å². The zero-order valence-electron chi connectivity index (χ0n) is 16.8. The molecule has 11 heteroatoms. The van der Waals surface area contributed by atoms with E-state index in [1.54, 1.807) is 6.92 Å². The lowest BCUT2D eigenvalue weighted by atomic mass is 9.96. The first-order valence-corrected chi connectivity index (χ1v) is 9.73. The fourth-order valence-electron chi connectivity index (χ4n) is 3.21. The third-order valence-corrected chi connectivity index (χ3v) is 5.11. The van der Waals surface area contributed by atoms with Crippen molar-refractivity contribution in [3.05, 3.63) is 0 Å². The molecule has 0 bridgehead atoms. The van der Waals surface area contributed by atoms with Crippen molar-refractivity contribution in [1.82, 2.24) is 15.5 Å². The number of hydrogen-bond acceptors (Lipinski definition) is 6. The maximum atomic E-state index is 13.0. The molecule has 0 saturated carbocycles. The van der Waals surface area contributed by atoms with Crippen molar-refractivity contribution in [2.75, 3.05) is 13.1 Å². The Labute approximate surface area is 169 Å². The Hall–Kier alpha value is -2.69. The lowest BCUT2D eigenvalue weighted by Gasteiger charge is -2.31. The van der Waals surface area contributed by atoms with Crippen LogP contribution in [0.5, 0.6) is 0 Å². The van der Waals surface area contributed by atoms with Gasteiger partial charge in [-0.15, -0.1) is 0 Å². The molecule has 0 spiro atoms. The number of likely N-dealkylation sites (tertiary alicyclic amines) is 1. The smallest absolute Gasteiger partial charge is 0.326 e. The summed E-state index contributed by atoms with van der Waals surface area (Å²) in [6.45, 7) is 3.57. The zero-order valence-corrected chi connectivity index (χ0v) is 16.8. The summed E-state index contributed by atoms with van der Waals surface area (Å²) in [6, 6.07) is -2.97. The Morgan fingerprint density at radius 3 is 2.38 bits per heavy atom. The van der Waals surface area contributed by atoms with Crippen molar-refractivity contribution in [3.63, 3.8) is 0 Å². The number of carboxylic acid groups (broad SMARTS) is 1. The Morgan fingerprint density at radius 2 is 1.86 bits per heavy atom. The van der Waals surface area contributed by atoms with Gasteiger partial charge in [0.15, 0.2) is 0 Å². The quantitative estimate of drug-likeness (QED) is 0.267. The number of carbonyl (C=O) groups is 5. The Balaban J connectivity index is 2.99. The fraction of sp³-hybridized carbons (Fsp3) is 0.722. The van der Waals surface area contributed by atoms with E-state index in [1.165, 1.54) is 4.90 Å². The number of amides is 4. The van der Waals surface area contributed by atoms with E-state index in [0.717, 1.165) is 0 Å². The van der Waals surface area contributed by atoms with Crippen molar-refractivity contribution in [2.24, 2.45) is 17.4 Å². The summed E-state index contributed by atoms with van der Waals surface area (Å²) in [6.07, 6.45) is 1.30. The summed E-state index contributed by atoms with van der Waals surface area (Å²) in [5.41, 5.74) is 10.4. The van der Waals surface area contributed by atoms with Crippen molar-refractivity contribution in [2.45, 2.75) is 64.1 Å². The first-order chi connectivity index (χ1) is 13.6. The second-order valence-electron chi connectivity index (χ2n) is 7.23. The van der Waals surface area contributed by atoms with Crippen LogP contribution in [0.15, 0.2) is 0 Å². The van der Waals surface area contributed by atoms with E-state index in [1.807, 2.05) is 6.92 Å². The van der Waals surface area contributed by atoms with Crippen LogP contribution in [-0.2, 0) is 24.0 Å². The lowest BCUT2D eigenvalue weighted by Crippen LogP contribution is -2.58. The molecular weight excluding hydrogens is 382 g/mol. The lowest BCUT2D eigenvalue weighted by molar-refractivity contribution is -0.150. The summed E-state index contributed by atoms with van der Waals surface area (Å²) < 4.78 is 0. The highest BCUT2D eigenvalue weighted by molar-refractivity contribution is 5.94. The van der Waals surface area contributed by atoms with Crippen LogP contribution in [0, 0.1) is 5.92 Å². The van der Waals surface area contributed by atoms with Gasteiger partial charge in [0.05, 0.1) is 6.54 Å². The molecule has 164 valence electrons. The second kappa shape index (κ2) is 11.3. The highest BCUT2D eigenvalue weighted by atomic mass is 16.4. The van der Waals surface area contributed by atoms with E-state index in [4.69, 9.17) is 11.5 Å². The summed E-state index contributed by atoms with van der Waals surface area (Å²) in [5.74, 6) is -3.72. The normalized spacial score (nSPS) is 19.1.